The summed E-state index contributed by atoms with van der Waals surface area (Å²) in [6.07, 6.45) is 15.7. The summed E-state index contributed by atoms with van der Waals surface area (Å²) in [4.78, 5) is 8.76. The molecule has 6 aromatic heterocycles. The molecular weight excluding hydrogens is 540 g/mol. The summed E-state index contributed by atoms with van der Waals surface area (Å²) in [6.45, 7) is 1.95. The van der Waals surface area contributed by atoms with Gasteiger partial charge in [0.15, 0.2) is 5.03 Å². The third-order valence-electron chi connectivity index (χ3n) is 7.01. The molecule has 1 N–H and O–H groups in total. The first-order valence-electron chi connectivity index (χ1n) is 12.3. The fourth-order valence-corrected chi connectivity index (χ4v) is 6.31. The van der Waals surface area contributed by atoms with E-state index in [0.717, 1.165) is 52.3 Å². The van der Waals surface area contributed by atoms with Gasteiger partial charge in [-0.15, -0.1) is 12.4 Å². The Hall–Kier alpha value is -4.07. The summed E-state index contributed by atoms with van der Waals surface area (Å²) in [5.74, 6) is 0. The summed E-state index contributed by atoms with van der Waals surface area (Å²) in [5.41, 5.74) is 4.70. The summed E-state index contributed by atoms with van der Waals surface area (Å²) in [6, 6.07) is 5.85. The van der Waals surface area contributed by atoms with Crippen molar-refractivity contribution in [3.05, 3.63) is 67.8 Å². The lowest BCUT2D eigenvalue weighted by Crippen LogP contribution is -2.29. The molecule has 0 spiro atoms. The van der Waals surface area contributed by atoms with Gasteiger partial charge in [-0.05, 0) is 44.1 Å². The smallest absolute Gasteiger partial charge is 0.301 e. The molecule has 12 nitrogen and oxygen atoms in total. The number of hydrogen-bond acceptors (Lipinski definition) is 8. The first kappa shape index (κ1) is 25.2. The molecule has 1 saturated heterocycles. The highest BCUT2D eigenvalue weighted by molar-refractivity contribution is 7.90. The van der Waals surface area contributed by atoms with Crippen molar-refractivity contribution in [2.24, 2.45) is 7.05 Å². The van der Waals surface area contributed by atoms with Gasteiger partial charge in [0.25, 0.3) is 0 Å². The zero-order valence-electron chi connectivity index (χ0n) is 20.9. The summed E-state index contributed by atoms with van der Waals surface area (Å²) >= 11 is 0. The van der Waals surface area contributed by atoms with Gasteiger partial charge in [-0.3, -0.25) is 18.7 Å². The summed E-state index contributed by atoms with van der Waals surface area (Å²) < 4.78 is 34.0. The van der Waals surface area contributed by atoms with E-state index in [-0.39, 0.29) is 17.4 Å². The highest BCUT2D eigenvalue weighted by atomic mass is 35.5. The van der Waals surface area contributed by atoms with Crippen LogP contribution >= 0.6 is 12.4 Å². The van der Waals surface area contributed by atoms with Crippen LogP contribution in [0.1, 0.15) is 18.9 Å². The third-order valence-corrected chi connectivity index (χ3v) is 8.58. The van der Waals surface area contributed by atoms with E-state index in [1.54, 1.807) is 39.8 Å². The van der Waals surface area contributed by atoms with E-state index in [4.69, 9.17) is 0 Å². The number of rotatable bonds is 5. The van der Waals surface area contributed by atoms with Crippen LogP contribution in [0.5, 0.6) is 0 Å². The number of nitrogens with one attached hydrogen (secondary N) is 1. The van der Waals surface area contributed by atoms with E-state index in [0.29, 0.717) is 22.7 Å². The molecule has 14 heteroatoms. The van der Waals surface area contributed by atoms with Crippen LogP contribution in [0, 0.1) is 0 Å². The number of imidazole rings is 1. The standard InChI is InChI=1S/C25H24N10O2S.ClH/c1-32-14-19(10-29-32)18-8-23-22(27-9-18)12-31-35(23)38(36,37)25-13-28-24-3-2-17(15-33(24)25)20-11-30-34(16-20)21-4-6-26-7-5-21;/h2-3,8-16,21,26H,4-7H2,1H3;1H. The van der Waals surface area contributed by atoms with Crippen LogP contribution in [0.15, 0.2) is 72.8 Å². The Morgan fingerprint density at radius 2 is 1.64 bits per heavy atom. The van der Waals surface area contributed by atoms with Crippen molar-refractivity contribution in [3.63, 3.8) is 0 Å². The van der Waals surface area contributed by atoms with Crippen LogP contribution in [-0.2, 0) is 17.1 Å². The molecular formula is C25H25ClN10O2S. The van der Waals surface area contributed by atoms with Crippen LogP contribution in [-0.4, -0.2) is 64.6 Å². The summed E-state index contributed by atoms with van der Waals surface area (Å²) in [7, 11) is -2.27. The predicted molar refractivity (Wildman–Crippen MR) is 147 cm³/mol. The molecule has 7 heterocycles. The van der Waals surface area contributed by atoms with Crippen LogP contribution in [0.3, 0.4) is 0 Å². The van der Waals surface area contributed by atoms with E-state index in [2.05, 4.69) is 30.6 Å². The second-order valence-electron chi connectivity index (χ2n) is 9.46. The van der Waals surface area contributed by atoms with E-state index in [1.807, 2.05) is 36.4 Å². The largest absolute Gasteiger partial charge is 0.317 e. The van der Waals surface area contributed by atoms with Gasteiger partial charge >= 0.3 is 10.0 Å². The van der Waals surface area contributed by atoms with Gasteiger partial charge < -0.3 is 5.32 Å². The maximum absolute atomic E-state index is 13.9. The van der Waals surface area contributed by atoms with Crippen molar-refractivity contribution in [1.82, 2.24) is 48.4 Å². The van der Waals surface area contributed by atoms with Crippen LogP contribution in [0.25, 0.3) is 38.9 Å². The Labute approximate surface area is 229 Å². The quantitative estimate of drug-likeness (QED) is 0.338. The molecule has 1 aliphatic heterocycles. The lowest BCUT2D eigenvalue weighted by atomic mass is 10.1. The monoisotopic (exact) mass is 564 g/mol. The van der Waals surface area contributed by atoms with Gasteiger partial charge in [0, 0.05) is 54.1 Å². The average Bonchev–Trinajstić information content (AvgIpc) is 3.74. The predicted octanol–water partition coefficient (Wildman–Crippen LogP) is 2.93. The Balaban J connectivity index is 0.00000277. The number of halogens is 1. The molecule has 0 aromatic carbocycles. The first-order valence-corrected chi connectivity index (χ1v) is 13.7. The lowest BCUT2D eigenvalue weighted by molar-refractivity contribution is 0.343. The minimum absolute atomic E-state index is 0. The highest BCUT2D eigenvalue weighted by Crippen LogP contribution is 2.28. The van der Waals surface area contributed by atoms with Crippen molar-refractivity contribution in [2.45, 2.75) is 23.9 Å². The molecule has 1 aliphatic rings. The van der Waals surface area contributed by atoms with E-state index in [9.17, 15) is 8.42 Å². The van der Waals surface area contributed by atoms with Gasteiger partial charge in [0.05, 0.1) is 30.8 Å². The molecule has 0 radical (unpaired) electrons. The van der Waals surface area contributed by atoms with Gasteiger partial charge in [-0.1, -0.05) is 0 Å². The van der Waals surface area contributed by atoms with Gasteiger partial charge in [-0.2, -0.15) is 27.8 Å². The van der Waals surface area contributed by atoms with Crippen molar-refractivity contribution in [3.8, 4) is 22.3 Å². The third kappa shape index (κ3) is 4.28. The number of nitrogens with zero attached hydrogens (tertiary/aromatic N) is 9. The van der Waals surface area contributed by atoms with Crippen LogP contribution in [0.2, 0.25) is 0 Å². The highest BCUT2D eigenvalue weighted by Gasteiger charge is 2.26. The van der Waals surface area contributed by atoms with Crippen molar-refractivity contribution < 1.29 is 8.42 Å². The average molecular weight is 565 g/mol. The lowest BCUT2D eigenvalue weighted by Gasteiger charge is -2.22. The van der Waals surface area contributed by atoms with E-state index >= 15 is 0 Å². The Bertz CT molecular complexity index is 1910. The molecule has 39 heavy (non-hydrogen) atoms. The van der Waals surface area contributed by atoms with Crippen molar-refractivity contribution in [1.29, 1.82) is 0 Å². The summed E-state index contributed by atoms with van der Waals surface area (Å²) in [5, 5.41) is 16.4. The second-order valence-corrected chi connectivity index (χ2v) is 11.2. The van der Waals surface area contributed by atoms with E-state index in [1.165, 1.54) is 12.4 Å². The fourth-order valence-electron chi connectivity index (χ4n) is 4.97. The minimum atomic E-state index is -4.09. The van der Waals surface area contributed by atoms with E-state index < -0.39 is 10.0 Å². The molecule has 6 aromatic rings. The topological polar surface area (TPSA) is 130 Å². The zero-order chi connectivity index (χ0) is 25.9. The normalized spacial score (nSPS) is 14.7. The first-order chi connectivity index (χ1) is 18.5. The van der Waals surface area contributed by atoms with Crippen molar-refractivity contribution >= 4 is 39.1 Å². The maximum atomic E-state index is 13.9. The molecule has 0 atom stereocenters. The number of aromatic nitrogens is 9. The number of pyridine rings is 2. The molecule has 0 saturated carbocycles. The zero-order valence-corrected chi connectivity index (χ0v) is 22.5. The Morgan fingerprint density at radius 3 is 2.44 bits per heavy atom. The Kier molecular flexibility index (Phi) is 6.20. The fraction of sp³-hybridized carbons (Fsp3) is 0.240. The minimum Gasteiger partial charge on any atom is -0.317 e. The maximum Gasteiger partial charge on any atom is 0.301 e. The van der Waals surface area contributed by atoms with Gasteiger partial charge in [0.2, 0.25) is 0 Å². The van der Waals surface area contributed by atoms with Gasteiger partial charge in [0.1, 0.15) is 16.7 Å². The number of hydrogen-bond donors (Lipinski definition) is 1. The van der Waals surface area contributed by atoms with Gasteiger partial charge in [-0.25, -0.2) is 4.98 Å². The Morgan fingerprint density at radius 1 is 0.846 bits per heavy atom. The molecule has 7 rings (SSSR count). The molecule has 0 amide bonds. The van der Waals surface area contributed by atoms with Crippen LogP contribution in [0.4, 0.5) is 0 Å². The molecule has 200 valence electrons. The SMILES string of the molecule is Cl.Cn1cc(-c2cnc3cnn(S(=O)(=O)c4cnc5ccc(-c6cnn(C7CCNCC7)c6)cn45)c3c2)cn1. The van der Waals surface area contributed by atoms with Crippen LogP contribution < -0.4 is 5.32 Å². The number of aryl methyl sites for hydroxylation is 1. The molecule has 0 unspecified atom stereocenters. The number of fused-ring (bicyclic) bond motifs is 2. The number of piperidine rings is 1. The second kappa shape index (κ2) is 9.59. The molecule has 0 aliphatic carbocycles. The molecule has 0 bridgehead atoms. The molecule has 1 fully saturated rings. The van der Waals surface area contributed by atoms with Crippen molar-refractivity contribution in [2.75, 3.05) is 13.1 Å².